The molecule has 1 heterocycles. The van der Waals surface area contributed by atoms with E-state index in [1.165, 1.54) is 12.1 Å². The lowest BCUT2D eigenvalue weighted by Gasteiger charge is -2.23. The fourth-order valence-corrected chi connectivity index (χ4v) is 2.68. The van der Waals surface area contributed by atoms with Gasteiger partial charge in [0.05, 0.1) is 4.90 Å². The Balaban J connectivity index is 2.11. The highest BCUT2D eigenvalue weighted by Gasteiger charge is 2.26. The van der Waals surface area contributed by atoms with Crippen LogP contribution in [0, 0.1) is 0 Å². The SMILES string of the molecule is O=C1NCCCC1Nc1ccc(S(=O)(=O)C(F)F)cc1. The van der Waals surface area contributed by atoms with Crippen molar-refractivity contribution in [1.29, 1.82) is 0 Å². The van der Waals surface area contributed by atoms with E-state index < -0.39 is 20.5 Å². The number of rotatable bonds is 4. The minimum atomic E-state index is -4.58. The fraction of sp³-hybridized carbons (Fsp3) is 0.417. The number of amides is 1. The lowest BCUT2D eigenvalue weighted by atomic mass is 10.1. The highest BCUT2D eigenvalue weighted by Crippen LogP contribution is 2.21. The van der Waals surface area contributed by atoms with Gasteiger partial charge >= 0.3 is 5.76 Å². The second kappa shape index (κ2) is 5.74. The number of benzene rings is 1. The van der Waals surface area contributed by atoms with Crippen LogP contribution in [0.4, 0.5) is 14.5 Å². The van der Waals surface area contributed by atoms with Gasteiger partial charge in [-0.05, 0) is 37.1 Å². The summed E-state index contributed by atoms with van der Waals surface area (Å²) >= 11 is 0. The first-order valence-corrected chi connectivity index (χ1v) is 7.62. The molecule has 20 heavy (non-hydrogen) atoms. The third-order valence-electron chi connectivity index (χ3n) is 3.04. The lowest BCUT2D eigenvalue weighted by molar-refractivity contribution is -0.123. The maximum Gasteiger partial charge on any atom is 0.341 e. The van der Waals surface area contributed by atoms with Gasteiger partial charge in [-0.3, -0.25) is 4.79 Å². The zero-order valence-electron chi connectivity index (χ0n) is 10.5. The van der Waals surface area contributed by atoms with Crippen LogP contribution in [0.1, 0.15) is 12.8 Å². The van der Waals surface area contributed by atoms with Crippen molar-refractivity contribution < 1.29 is 22.0 Å². The number of alkyl halides is 2. The summed E-state index contributed by atoms with van der Waals surface area (Å²) in [6, 6.07) is 4.56. The smallest absolute Gasteiger partial charge is 0.341 e. The zero-order chi connectivity index (χ0) is 14.8. The molecule has 0 aromatic heterocycles. The molecule has 2 N–H and O–H groups in total. The molecule has 1 saturated heterocycles. The van der Waals surface area contributed by atoms with Gasteiger partial charge in [-0.1, -0.05) is 0 Å². The summed E-state index contributed by atoms with van der Waals surface area (Å²) in [5, 5.41) is 5.65. The molecule has 1 unspecified atom stereocenters. The number of piperidine rings is 1. The molecule has 0 bridgehead atoms. The van der Waals surface area contributed by atoms with E-state index in [0.29, 0.717) is 18.7 Å². The van der Waals surface area contributed by atoms with Gasteiger partial charge in [0.1, 0.15) is 6.04 Å². The Morgan fingerprint density at radius 1 is 1.25 bits per heavy atom. The van der Waals surface area contributed by atoms with Crippen LogP contribution >= 0.6 is 0 Å². The Morgan fingerprint density at radius 3 is 2.45 bits per heavy atom. The summed E-state index contributed by atoms with van der Waals surface area (Å²) in [7, 11) is -4.58. The van der Waals surface area contributed by atoms with Gasteiger partial charge in [0.15, 0.2) is 0 Å². The summed E-state index contributed by atoms with van der Waals surface area (Å²) in [4.78, 5) is 11.1. The van der Waals surface area contributed by atoms with E-state index in [9.17, 15) is 22.0 Å². The third kappa shape index (κ3) is 3.06. The van der Waals surface area contributed by atoms with Crippen LogP contribution < -0.4 is 10.6 Å². The number of hydrogen-bond acceptors (Lipinski definition) is 4. The molecule has 1 atom stereocenters. The monoisotopic (exact) mass is 304 g/mol. The van der Waals surface area contributed by atoms with Gasteiger partial charge in [-0.25, -0.2) is 8.42 Å². The fourth-order valence-electron chi connectivity index (χ4n) is 1.95. The van der Waals surface area contributed by atoms with E-state index in [2.05, 4.69) is 10.6 Å². The average Bonchev–Trinajstić information content (AvgIpc) is 2.42. The van der Waals surface area contributed by atoms with E-state index in [0.717, 1.165) is 18.6 Å². The van der Waals surface area contributed by atoms with E-state index in [1.807, 2.05) is 0 Å². The Bertz CT molecular complexity index is 587. The van der Waals surface area contributed by atoms with Crippen molar-refractivity contribution in [3.63, 3.8) is 0 Å². The minimum Gasteiger partial charge on any atom is -0.374 e. The van der Waals surface area contributed by atoms with Crippen LogP contribution in [0.15, 0.2) is 29.2 Å². The van der Waals surface area contributed by atoms with Crippen LogP contribution in [-0.4, -0.2) is 32.7 Å². The van der Waals surface area contributed by atoms with Crippen molar-refractivity contribution in [3.05, 3.63) is 24.3 Å². The first-order chi connectivity index (χ1) is 9.41. The molecule has 1 fully saturated rings. The number of sulfone groups is 1. The summed E-state index contributed by atoms with van der Waals surface area (Å²) < 4.78 is 47.2. The maximum atomic E-state index is 12.4. The van der Waals surface area contributed by atoms with Gasteiger partial charge in [-0.15, -0.1) is 0 Å². The topological polar surface area (TPSA) is 75.3 Å². The second-order valence-electron chi connectivity index (χ2n) is 4.46. The van der Waals surface area contributed by atoms with Crippen molar-refractivity contribution in [1.82, 2.24) is 5.32 Å². The lowest BCUT2D eigenvalue weighted by Crippen LogP contribution is -2.44. The normalized spacial score (nSPS) is 19.8. The number of nitrogens with one attached hydrogen (secondary N) is 2. The Labute approximate surface area is 115 Å². The summed E-state index contributed by atoms with van der Waals surface area (Å²) in [6.45, 7) is 0.641. The van der Waals surface area contributed by atoms with Crippen molar-refractivity contribution in [2.45, 2.75) is 29.5 Å². The van der Waals surface area contributed by atoms with Gasteiger partial charge in [0.2, 0.25) is 15.7 Å². The predicted octanol–water partition coefficient (Wildman–Crippen LogP) is 1.37. The zero-order valence-corrected chi connectivity index (χ0v) is 11.3. The molecule has 1 aromatic carbocycles. The molecular weight excluding hydrogens is 290 g/mol. The van der Waals surface area contributed by atoms with Crippen LogP contribution in [-0.2, 0) is 14.6 Å². The Hall–Kier alpha value is -1.70. The van der Waals surface area contributed by atoms with E-state index in [1.54, 1.807) is 0 Å². The van der Waals surface area contributed by atoms with Crippen LogP contribution in [0.3, 0.4) is 0 Å². The highest BCUT2D eigenvalue weighted by molar-refractivity contribution is 7.91. The minimum absolute atomic E-state index is 0.125. The van der Waals surface area contributed by atoms with Crippen LogP contribution in [0.2, 0.25) is 0 Å². The molecule has 5 nitrogen and oxygen atoms in total. The number of hydrogen-bond donors (Lipinski definition) is 2. The van der Waals surface area contributed by atoms with Crippen molar-refractivity contribution in [2.75, 3.05) is 11.9 Å². The quantitative estimate of drug-likeness (QED) is 0.881. The molecule has 2 rings (SSSR count). The number of carbonyl (C=O) groups is 1. The first-order valence-electron chi connectivity index (χ1n) is 6.07. The number of halogens is 2. The molecular formula is C12H14F2N2O3S. The Morgan fingerprint density at radius 2 is 1.90 bits per heavy atom. The van der Waals surface area contributed by atoms with Gasteiger partial charge < -0.3 is 10.6 Å². The van der Waals surface area contributed by atoms with E-state index >= 15 is 0 Å². The number of anilines is 1. The standard InChI is InChI=1S/C12H14F2N2O3S/c13-12(14)20(18,19)9-5-3-8(4-6-9)16-10-2-1-7-15-11(10)17/h3-6,10,12,16H,1-2,7H2,(H,15,17). The second-order valence-corrected chi connectivity index (χ2v) is 6.38. The largest absolute Gasteiger partial charge is 0.374 e. The molecule has 1 aliphatic heterocycles. The molecule has 110 valence electrons. The van der Waals surface area contributed by atoms with E-state index in [-0.39, 0.29) is 11.9 Å². The summed E-state index contributed by atoms with van der Waals surface area (Å²) in [5.74, 6) is -3.56. The average molecular weight is 304 g/mol. The molecule has 0 aliphatic carbocycles. The predicted molar refractivity (Wildman–Crippen MR) is 69.3 cm³/mol. The summed E-state index contributed by atoms with van der Waals surface area (Å²) in [5.41, 5.74) is 0.514. The van der Waals surface area contributed by atoms with Crippen LogP contribution in [0.25, 0.3) is 0 Å². The Kier molecular flexibility index (Phi) is 4.22. The van der Waals surface area contributed by atoms with Crippen molar-refractivity contribution >= 4 is 21.4 Å². The van der Waals surface area contributed by atoms with Crippen molar-refractivity contribution in [2.24, 2.45) is 0 Å². The van der Waals surface area contributed by atoms with Gasteiger partial charge in [-0.2, -0.15) is 8.78 Å². The highest BCUT2D eigenvalue weighted by atomic mass is 32.2. The van der Waals surface area contributed by atoms with Gasteiger partial charge in [0.25, 0.3) is 0 Å². The molecule has 1 aliphatic rings. The molecule has 0 spiro atoms. The van der Waals surface area contributed by atoms with Crippen LogP contribution in [0.5, 0.6) is 0 Å². The third-order valence-corrected chi connectivity index (χ3v) is 4.44. The summed E-state index contributed by atoms with van der Waals surface area (Å²) in [6.07, 6.45) is 1.52. The molecule has 8 heteroatoms. The van der Waals surface area contributed by atoms with E-state index in [4.69, 9.17) is 0 Å². The number of carbonyl (C=O) groups excluding carboxylic acids is 1. The maximum absolute atomic E-state index is 12.4. The molecule has 1 aromatic rings. The molecule has 0 saturated carbocycles. The molecule has 0 radical (unpaired) electrons. The van der Waals surface area contributed by atoms with Gasteiger partial charge in [0, 0.05) is 12.2 Å². The first kappa shape index (κ1) is 14.7. The molecule has 1 amide bonds. The van der Waals surface area contributed by atoms with Crippen molar-refractivity contribution in [3.8, 4) is 0 Å².